The fourth-order valence-corrected chi connectivity index (χ4v) is 4.33. The van der Waals surface area contributed by atoms with E-state index in [2.05, 4.69) is 33.4 Å². The molecular weight excluding hydrogens is 284 g/mol. The number of hydrogen-bond acceptors (Lipinski definition) is 2. The van der Waals surface area contributed by atoms with Crippen LogP contribution in [0.15, 0.2) is 46.3 Å². The third-order valence-corrected chi connectivity index (χ3v) is 5.72. The molecule has 2 nitrogen and oxygen atoms in total. The summed E-state index contributed by atoms with van der Waals surface area (Å²) in [7, 11) is 0. The molecule has 1 unspecified atom stereocenters. The van der Waals surface area contributed by atoms with Gasteiger partial charge in [-0.05, 0) is 58.3 Å². The Balaban J connectivity index is 1.96. The molecule has 23 heavy (non-hydrogen) atoms. The van der Waals surface area contributed by atoms with E-state index in [0.717, 1.165) is 42.8 Å². The van der Waals surface area contributed by atoms with Crippen LogP contribution in [0.4, 0.5) is 0 Å². The molecule has 1 aliphatic heterocycles. The van der Waals surface area contributed by atoms with Crippen LogP contribution in [0.25, 0.3) is 0 Å². The van der Waals surface area contributed by atoms with Gasteiger partial charge < -0.3 is 4.74 Å². The fourth-order valence-electron chi connectivity index (χ4n) is 4.33. The van der Waals surface area contributed by atoms with Crippen molar-refractivity contribution in [3.8, 4) is 0 Å². The van der Waals surface area contributed by atoms with Gasteiger partial charge in [0.2, 0.25) is 0 Å². The minimum atomic E-state index is 0.159. The molecule has 0 aromatic rings. The first kappa shape index (κ1) is 16.3. The second-order valence-electron chi connectivity index (χ2n) is 7.60. The third kappa shape index (κ3) is 2.73. The predicted molar refractivity (Wildman–Crippen MR) is 93.9 cm³/mol. The van der Waals surface area contributed by atoms with Gasteiger partial charge in [-0.25, -0.2) is 0 Å². The zero-order valence-electron chi connectivity index (χ0n) is 14.9. The van der Waals surface area contributed by atoms with Crippen molar-refractivity contribution in [1.82, 2.24) is 0 Å². The molecule has 1 heterocycles. The van der Waals surface area contributed by atoms with Gasteiger partial charge in [-0.15, -0.1) is 0 Å². The largest absolute Gasteiger partial charge is 0.493 e. The van der Waals surface area contributed by atoms with E-state index >= 15 is 0 Å². The summed E-state index contributed by atoms with van der Waals surface area (Å²) in [6.45, 7) is 13.2. The topological polar surface area (TPSA) is 26.3 Å². The minimum absolute atomic E-state index is 0.159. The highest BCUT2D eigenvalue weighted by atomic mass is 16.5. The maximum Gasteiger partial charge on any atom is 0.189 e. The van der Waals surface area contributed by atoms with Crippen molar-refractivity contribution in [3.05, 3.63) is 46.3 Å². The van der Waals surface area contributed by atoms with Gasteiger partial charge in [0.25, 0.3) is 0 Å². The zero-order chi connectivity index (χ0) is 16.7. The van der Waals surface area contributed by atoms with E-state index in [1.807, 2.05) is 6.92 Å². The quantitative estimate of drug-likeness (QED) is 0.533. The Bertz CT molecular complexity index is 641. The maximum absolute atomic E-state index is 12.8. The van der Waals surface area contributed by atoms with Gasteiger partial charge in [0, 0.05) is 28.2 Å². The molecule has 2 aliphatic carbocycles. The standard InChI is InChI=1S/C21H28O2/c1-12(2)7-6-8-16-11-23-21-15(5)14(4)20(22)18-13(3)9-10-17(16)19(18)21/h7,13,16-17H,4,6,8-11H2,1-3,5H3/t13?,16-,17+/m1/s1. The third-order valence-electron chi connectivity index (χ3n) is 5.72. The smallest absolute Gasteiger partial charge is 0.189 e. The number of ketones is 1. The van der Waals surface area contributed by atoms with Gasteiger partial charge in [0.1, 0.15) is 5.76 Å². The van der Waals surface area contributed by atoms with Gasteiger partial charge in [-0.3, -0.25) is 4.79 Å². The van der Waals surface area contributed by atoms with E-state index in [1.165, 1.54) is 17.6 Å². The van der Waals surface area contributed by atoms with Gasteiger partial charge in [-0.2, -0.15) is 0 Å². The molecule has 3 aliphatic rings. The number of Topliss-reactive ketones (excluding diaryl/α,β-unsaturated/α-hetero) is 1. The first-order chi connectivity index (χ1) is 10.9. The van der Waals surface area contributed by atoms with Crippen molar-refractivity contribution in [2.24, 2.45) is 17.8 Å². The highest BCUT2D eigenvalue weighted by molar-refractivity contribution is 6.13. The normalized spacial score (nSPS) is 30.2. The first-order valence-electron chi connectivity index (χ1n) is 8.87. The lowest BCUT2D eigenvalue weighted by molar-refractivity contribution is -0.113. The molecule has 0 aromatic heterocycles. The summed E-state index contributed by atoms with van der Waals surface area (Å²) in [5, 5.41) is 0. The van der Waals surface area contributed by atoms with Crippen LogP contribution in [0.3, 0.4) is 0 Å². The lowest BCUT2D eigenvalue weighted by Gasteiger charge is -2.44. The molecule has 0 aromatic carbocycles. The van der Waals surface area contributed by atoms with Crippen molar-refractivity contribution in [1.29, 1.82) is 0 Å². The Morgan fingerprint density at radius 2 is 2.04 bits per heavy atom. The van der Waals surface area contributed by atoms with Crippen LogP contribution in [0.2, 0.25) is 0 Å². The Labute approximate surface area is 140 Å². The van der Waals surface area contributed by atoms with Gasteiger partial charge >= 0.3 is 0 Å². The Kier molecular flexibility index (Phi) is 4.35. The predicted octanol–water partition coefficient (Wildman–Crippen LogP) is 5.13. The molecule has 0 radical (unpaired) electrons. The van der Waals surface area contributed by atoms with Crippen molar-refractivity contribution < 1.29 is 9.53 Å². The molecule has 2 heteroatoms. The van der Waals surface area contributed by atoms with E-state index in [4.69, 9.17) is 4.74 Å². The summed E-state index contributed by atoms with van der Waals surface area (Å²) < 4.78 is 6.16. The van der Waals surface area contributed by atoms with E-state index in [1.54, 1.807) is 0 Å². The van der Waals surface area contributed by atoms with Crippen LogP contribution in [0.5, 0.6) is 0 Å². The molecule has 0 N–H and O–H groups in total. The van der Waals surface area contributed by atoms with E-state index in [9.17, 15) is 4.79 Å². The molecule has 1 saturated heterocycles. The monoisotopic (exact) mass is 312 g/mol. The molecule has 3 rings (SSSR count). The molecule has 0 amide bonds. The molecular formula is C21H28O2. The maximum atomic E-state index is 12.8. The molecule has 0 bridgehead atoms. The molecule has 0 saturated carbocycles. The highest BCUT2D eigenvalue weighted by Gasteiger charge is 2.44. The fraction of sp³-hybridized carbons (Fsp3) is 0.571. The van der Waals surface area contributed by atoms with E-state index in [-0.39, 0.29) is 5.78 Å². The number of hydrogen-bond donors (Lipinski definition) is 0. The Hall–Kier alpha value is -1.57. The summed E-state index contributed by atoms with van der Waals surface area (Å²) in [6.07, 6.45) is 6.84. The summed E-state index contributed by atoms with van der Waals surface area (Å²) in [4.78, 5) is 12.8. The van der Waals surface area contributed by atoms with Crippen molar-refractivity contribution in [2.45, 2.75) is 53.4 Å². The summed E-state index contributed by atoms with van der Waals surface area (Å²) in [5.41, 5.74) is 5.19. The summed E-state index contributed by atoms with van der Waals surface area (Å²) in [5.74, 6) is 2.47. The second-order valence-corrected chi connectivity index (χ2v) is 7.60. The average Bonchev–Trinajstić information content (AvgIpc) is 2.51. The van der Waals surface area contributed by atoms with Crippen molar-refractivity contribution in [2.75, 3.05) is 6.61 Å². The van der Waals surface area contributed by atoms with Crippen LogP contribution < -0.4 is 0 Å². The molecule has 1 fully saturated rings. The van der Waals surface area contributed by atoms with Crippen LogP contribution >= 0.6 is 0 Å². The molecule has 3 atom stereocenters. The van der Waals surface area contributed by atoms with E-state index < -0.39 is 0 Å². The summed E-state index contributed by atoms with van der Waals surface area (Å²) in [6, 6.07) is 0. The first-order valence-corrected chi connectivity index (χ1v) is 8.87. The average molecular weight is 312 g/mol. The zero-order valence-corrected chi connectivity index (χ0v) is 14.9. The summed E-state index contributed by atoms with van der Waals surface area (Å²) >= 11 is 0. The minimum Gasteiger partial charge on any atom is -0.493 e. The Morgan fingerprint density at radius 3 is 2.74 bits per heavy atom. The lowest BCUT2D eigenvalue weighted by Crippen LogP contribution is -2.38. The van der Waals surface area contributed by atoms with E-state index in [0.29, 0.717) is 23.3 Å². The van der Waals surface area contributed by atoms with Crippen LogP contribution in [0, 0.1) is 17.8 Å². The molecule has 124 valence electrons. The lowest BCUT2D eigenvalue weighted by atomic mass is 9.65. The van der Waals surface area contributed by atoms with Gasteiger partial charge in [-0.1, -0.05) is 25.2 Å². The van der Waals surface area contributed by atoms with Crippen LogP contribution in [-0.4, -0.2) is 12.4 Å². The van der Waals surface area contributed by atoms with Crippen LogP contribution in [0.1, 0.15) is 53.4 Å². The van der Waals surface area contributed by atoms with Crippen LogP contribution in [-0.2, 0) is 9.53 Å². The number of carbonyl (C=O) groups is 1. The Morgan fingerprint density at radius 1 is 1.30 bits per heavy atom. The highest BCUT2D eigenvalue weighted by Crippen LogP contribution is 2.50. The van der Waals surface area contributed by atoms with Crippen molar-refractivity contribution >= 4 is 5.78 Å². The number of ether oxygens (including phenoxy) is 1. The van der Waals surface area contributed by atoms with Gasteiger partial charge in [0.05, 0.1) is 6.61 Å². The number of allylic oxidation sites excluding steroid dienone is 6. The number of rotatable bonds is 3. The SMILES string of the molecule is C=C1C(=O)C2=C3C(=C1C)OC[C@@H](CCC=C(C)C)[C@@H]3CCC2C. The second kappa shape index (κ2) is 6.14. The molecule has 0 spiro atoms. The van der Waals surface area contributed by atoms with Crippen molar-refractivity contribution in [3.63, 3.8) is 0 Å². The number of carbonyl (C=O) groups excluding carboxylic acids is 1. The van der Waals surface area contributed by atoms with Gasteiger partial charge in [0.15, 0.2) is 5.78 Å².